The Labute approximate surface area is 116 Å². The van der Waals surface area contributed by atoms with Gasteiger partial charge in [0.15, 0.2) is 0 Å². The molecule has 0 aromatic heterocycles. The van der Waals surface area contributed by atoms with E-state index in [0.29, 0.717) is 12.3 Å². The molecule has 0 amide bonds. The lowest BCUT2D eigenvalue weighted by Crippen LogP contribution is -2.27. The Morgan fingerprint density at radius 1 is 1.16 bits per heavy atom. The van der Waals surface area contributed by atoms with Crippen LogP contribution in [0.25, 0.3) is 0 Å². The zero-order valence-electron chi connectivity index (χ0n) is 12.0. The smallest absolute Gasteiger partial charge is 0.306 e. The Morgan fingerprint density at radius 2 is 1.79 bits per heavy atom. The average molecular weight is 260 g/mol. The van der Waals surface area contributed by atoms with E-state index in [-0.39, 0.29) is 5.97 Å². The van der Waals surface area contributed by atoms with Gasteiger partial charge in [-0.05, 0) is 38.2 Å². The number of benzene rings is 1. The number of ether oxygens (including phenoxy) is 1. The van der Waals surface area contributed by atoms with Crippen LogP contribution < -0.4 is 0 Å². The molecule has 0 atom stereocenters. The third kappa shape index (κ3) is 4.09. The van der Waals surface area contributed by atoms with Gasteiger partial charge >= 0.3 is 5.97 Å². The lowest BCUT2D eigenvalue weighted by atomic mass is 9.87. The van der Waals surface area contributed by atoms with Crippen molar-refractivity contribution in [2.45, 2.75) is 58.0 Å². The van der Waals surface area contributed by atoms with Crippen molar-refractivity contribution in [3.05, 3.63) is 35.9 Å². The molecule has 0 radical (unpaired) electrons. The van der Waals surface area contributed by atoms with E-state index in [1.165, 1.54) is 32.1 Å². The molecule has 2 rings (SSSR count). The van der Waals surface area contributed by atoms with Crippen LogP contribution in [-0.4, -0.2) is 5.97 Å². The number of hydrogen-bond donors (Lipinski definition) is 0. The van der Waals surface area contributed by atoms with Crippen LogP contribution in [0, 0.1) is 5.92 Å². The molecule has 0 bridgehead atoms. The molecule has 1 fully saturated rings. The number of rotatable bonds is 4. The standard InChI is InChI=1S/C17H24O2/c1-17(2,15-11-7-4-8-12-15)19-16(18)13-14-9-5-3-6-10-14/h4,7-8,11-12,14H,3,5-6,9-10,13H2,1-2H3. The lowest BCUT2D eigenvalue weighted by molar-refractivity contribution is -0.158. The summed E-state index contributed by atoms with van der Waals surface area (Å²) in [4.78, 5) is 12.1. The first-order valence-electron chi connectivity index (χ1n) is 7.35. The second kappa shape index (κ2) is 6.23. The van der Waals surface area contributed by atoms with Crippen molar-refractivity contribution in [1.82, 2.24) is 0 Å². The maximum atomic E-state index is 12.1. The molecule has 19 heavy (non-hydrogen) atoms. The molecule has 0 saturated heterocycles. The summed E-state index contributed by atoms with van der Waals surface area (Å²) in [5, 5.41) is 0. The first kappa shape index (κ1) is 14.1. The van der Waals surface area contributed by atoms with Crippen molar-refractivity contribution in [1.29, 1.82) is 0 Å². The highest BCUT2D eigenvalue weighted by Gasteiger charge is 2.26. The molecular formula is C17H24O2. The van der Waals surface area contributed by atoms with E-state index in [4.69, 9.17) is 4.74 Å². The Bertz CT molecular complexity index is 403. The fourth-order valence-electron chi connectivity index (χ4n) is 2.85. The summed E-state index contributed by atoms with van der Waals surface area (Å²) in [6, 6.07) is 9.95. The number of carbonyl (C=O) groups is 1. The van der Waals surface area contributed by atoms with Crippen molar-refractivity contribution >= 4 is 5.97 Å². The second-order valence-electron chi connectivity index (χ2n) is 6.06. The summed E-state index contributed by atoms with van der Waals surface area (Å²) in [6.07, 6.45) is 6.79. The van der Waals surface area contributed by atoms with Gasteiger partial charge in [0.05, 0.1) is 0 Å². The van der Waals surface area contributed by atoms with Crippen molar-refractivity contribution < 1.29 is 9.53 Å². The molecule has 0 aliphatic heterocycles. The molecule has 1 saturated carbocycles. The quantitative estimate of drug-likeness (QED) is 0.748. The van der Waals surface area contributed by atoms with Gasteiger partial charge in [0, 0.05) is 6.42 Å². The van der Waals surface area contributed by atoms with E-state index >= 15 is 0 Å². The summed E-state index contributed by atoms with van der Waals surface area (Å²) in [5.74, 6) is 0.480. The average Bonchev–Trinajstić information content (AvgIpc) is 2.40. The minimum Gasteiger partial charge on any atom is -0.455 e. The molecule has 1 aliphatic rings. The summed E-state index contributed by atoms with van der Waals surface area (Å²) in [6.45, 7) is 3.92. The van der Waals surface area contributed by atoms with E-state index in [9.17, 15) is 4.79 Å². The van der Waals surface area contributed by atoms with E-state index < -0.39 is 5.60 Å². The number of esters is 1. The van der Waals surface area contributed by atoms with Crippen molar-refractivity contribution in [2.75, 3.05) is 0 Å². The van der Waals surface area contributed by atoms with Crippen LogP contribution in [0.1, 0.15) is 57.9 Å². The topological polar surface area (TPSA) is 26.3 Å². The fourth-order valence-corrected chi connectivity index (χ4v) is 2.85. The molecule has 104 valence electrons. The molecule has 2 heteroatoms. The van der Waals surface area contributed by atoms with E-state index in [0.717, 1.165) is 5.56 Å². The van der Waals surface area contributed by atoms with Crippen LogP contribution >= 0.6 is 0 Å². The third-order valence-electron chi connectivity index (χ3n) is 4.02. The van der Waals surface area contributed by atoms with Gasteiger partial charge in [-0.2, -0.15) is 0 Å². The Morgan fingerprint density at radius 3 is 2.42 bits per heavy atom. The molecule has 0 heterocycles. The van der Waals surface area contributed by atoms with Crippen molar-refractivity contribution in [3.63, 3.8) is 0 Å². The first-order valence-corrected chi connectivity index (χ1v) is 7.35. The normalized spacial score (nSPS) is 17.2. The summed E-state index contributed by atoms with van der Waals surface area (Å²) < 4.78 is 5.69. The van der Waals surface area contributed by atoms with Crippen LogP contribution in [0.4, 0.5) is 0 Å². The van der Waals surface area contributed by atoms with Gasteiger partial charge < -0.3 is 4.74 Å². The van der Waals surface area contributed by atoms with Gasteiger partial charge in [0.1, 0.15) is 5.60 Å². The van der Waals surface area contributed by atoms with Gasteiger partial charge in [-0.15, -0.1) is 0 Å². The molecule has 0 unspecified atom stereocenters. The summed E-state index contributed by atoms with van der Waals surface area (Å²) >= 11 is 0. The maximum absolute atomic E-state index is 12.1. The molecule has 1 aromatic rings. The van der Waals surface area contributed by atoms with Gasteiger partial charge in [-0.1, -0.05) is 49.6 Å². The van der Waals surface area contributed by atoms with Crippen LogP contribution in [-0.2, 0) is 15.1 Å². The van der Waals surface area contributed by atoms with Crippen LogP contribution in [0.2, 0.25) is 0 Å². The Balaban J connectivity index is 1.90. The Kier molecular flexibility index (Phi) is 4.62. The predicted molar refractivity (Wildman–Crippen MR) is 76.8 cm³/mol. The summed E-state index contributed by atoms with van der Waals surface area (Å²) in [5.41, 5.74) is 0.513. The SMILES string of the molecule is CC(C)(OC(=O)CC1CCCCC1)c1ccccc1. The van der Waals surface area contributed by atoms with Crippen LogP contribution in [0.5, 0.6) is 0 Å². The third-order valence-corrected chi connectivity index (χ3v) is 4.02. The Hall–Kier alpha value is -1.31. The zero-order chi connectivity index (χ0) is 13.7. The number of carbonyl (C=O) groups excluding carboxylic acids is 1. The van der Waals surface area contributed by atoms with Crippen LogP contribution in [0.15, 0.2) is 30.3 Å². The highest BCUT2D eigenvalue weighted by Crippen LogP contribution is 2.29. The van der Waals surface area contributed by atoms with Crippen molar-refractivity contribution in [3.8, 4) is 0 Å². The predicted octanol–water partition coefficient (Wildman–Crippen LogP) is 4.44. The maximum Gasteiger partial charge on any atom is 0.306 e. The van der Waals surface area contributed by atoms with E-state index in [1.807, 2.05) is 44.2 Å². The zero-order valence-corrected chi connectivity index (χ0v) is 12.0. The molecule has 0 spiro atoms. The van der Waals surface area contributed by atoms with Gasteiger partial charge in [-0.25, -0.2) is 0 Å². The highest BCUT2D eigenvalue weighted by atomic mass is 16.6. The summed E-state index contributed by atoms with van der Waals surface area (Å²) in [7, 11) is 0. The van der Waals surface area contributed by atoms with Gasteiger partial charge in [0.25, 0.3) is 0 Å². The number of hydrogen-bond acceptors (Lipinski definition) is 2. The second-order valence-corrected chi connectivity index (χ2v) is 6.06. The monoisotopic (exact) mass is 260 g/mol. The molecule has 2 nitrogen and oxygen atoms in total. The van der Waals surface area contributed by atoms with Crippen LogP contribution in [0.3, 0.4) is 0 Å². The lowest BCUT2D eigenvalue weighted by Gasteiger charge is -2.27. The minimum atomic E-state index is -0.535. The van der Waals surface area contributed by atoms with E-state index in [2.05, 4.69) is 0 Å². The molecule has 1 aliphatic carbocycles. The van der Waals surface area contributed by atoms with E-state index in [1.54, 1.807) is 0 Å². The largest absolute Gasteiger partial charge is 0.455 e. The molecule has 1 aromatic carbocycles. The van der Waals surface area contributed by atoms with Crippen molar-refractivity contribution in [2.24, 2.45) is 5.92 Å². The fraction of sp³-hybridized carbons (Fsp3) is 0.588. The molecular weight excluding hydrogens is 236 g/mol. The highest BCUT2D eigenvalue weighted by molar-refractivity contribution is 5.70. The minimum absolute atomic E-state index is 0.0549. The molecule has 0 N–H and O–H groups in total. The van der Waals surface area contributed by atoms with Gasteiger partial charge in [0.2, 0.25) is 0 Å². The van der Waals surface area contributed by atoms with Gasteiger partial charge in [-0.3, -0.25) is 4.79 Å². The first-order chi connectivity index (χ1) is 9.08.